The Hall–Kier alpha value is -2.57. The summed E-state index contributed by atoms with van der Waals surface area (Å²) in [5.41, 5.74) is 2.65. The summed E-state index contributed by atoms with van der Waals surface area (Å²) < 4.78 is 17.1. The molecule has 6 nitrogen and oxygen atoms in total. The van der Waals surface area contributed by atoms with Gasteiger partial charge in [0.1, 0.15) is 5.75 Å². The van der Waals surface area contributed by atoms with E-state index in [1.165, 1.54) is 18.2 Å². The fourth-order valence-corrected chi connectivity index (χ4v) is 6.79. The van der Waals surface area contributed by atoms with Crippen LogP contribution in [-0.2, 0) is 16.0 Å². The summed E-state index contributed by atoms with van der Waals surface area (Å²) in [5, 5.41) is 3.81. The number of nitrogens with zero attached hydrogens (tertiary/aromatic N) is 1. The van der Waals surface area contributed by atoms with Gasteiger partial charge in [-0.05, 0) is 73.6 Å². The van der Waals surface area contributed by atoms with E-state index in [-0.39, 0.29) is 30.3 Å². The third-order valence-electron chi connectivity index (χ3n) is 8.66. The molecule has 2 saturated carbocycles. The minimum Gasteiger partial charge on any atom is -0.497 e. The van der Waals surface area contributed by atoms with E-state index in [9.17, 15) is 4.79 Å². The van der Waals surface area contributed by atoms with E-state index >= 15 is 0 Å². The predicted molar refractivity (Wildman–Crippen MR) is 140 cm³/mol. The minimum atomic E-state index is -0.220. The molecule has 2 aromatic carbocycles. The summed E-state index contributed by atoms with van der Waals surface area (Å²) in [5.74, 6) is 1.92. The highest BCUT2D eigenvalue weighted by atomic mass is 16.5. The quantitative estimate of drug-likeness (QED) is 0.526. The van der Waals surface area contributed by atoms with Gasteiger partial charge in [-0.15, -0.1) is 0 Å². The molecule has 2 aliphatic carbocycles. The van der Waals surface area contributed by atoms with Crippen LogP contribution in [0, 0.1) is 5.92 Å². The molecule has 0 radical (unpaired) electrons. The standard InChI is InChI=1S/C30H40N2O4/c1-34-24-15-11-21(12-16-24)19-31-29-26-9-6-10-27(26)32(30(33)35-2)28(29)20-36-25-17-13-23(14-18-25)22-7-4-3-5-8-22/h3-5,7-8,11-12,15-16,23,25-29,31H,6,9-10,13-14,17-20H2,1-2H3/t23?,25?,26-,27+,28-,29-/m0/s1. The number of nitrogens with one attached hydrogen (secondary N) is 1. The van der Waals surface area contributed by atoms with Crippen molar-refractivity contribution in [3.05, 3.63) is 65.7 Å². The Bertz CT molecular complexity index is 974. The molecule has 3 fully saturated rings. The number of amides is 1. The van der Waals surface area contributed by atoms with Gasteiger partial charge in [-0.2, -0.15) is 0 Å². The van der Waals surface area contributed by atoms with E-state index in [0.717, 1.165) is 57.2 Å². The second kappa shape index (κ2) is 11.7. The van der Waals surface area contributed by atoms with Crippen molar-refractivity contribution >= 4 is 6.09 Å². The first-order valence-corrected chi connectivity index (χ1v) is 13.6. The summed E-state index contributed by atoms with van der Waals surface area (Å²) in [6, 6.07) is 19.4. The molecule has 36 heavy (non-hydrogen) atoms. The number of likely N-dealkylation sites (tertiary alicyclic amines) is 1. The van der Waals surface area contributed by atoms with Crippen LogP contribution in [0.15, 0.2) is 54.6 Å². The Balaban J connectivity index is 1.23. The van der Waals surface area contributed by atoms with Gasteiger partial charge in [-0.1, -0.05) is 48.9 Å². The Morgan fingerprint density at radius 3 is 2.39 bits per heavy atom. The van der Waals surface area contributed by atoms with Gasteiger partial charge in [0.05, 0.1) is 33.0 Å². The highest BCUT2D eigenvalue weighted by Gasteiger charge is 2.53. The van der Waals surface area contributed by atoms with Crippen molar-refractivity contribution in [3.8, 4) is 5.75 Å². The molecule has 0 bridgehead atoms. The fourth-order valence-electron chi connectivity index (χ4n) is 6.79. The number of hydrogen-bond donors (Lipinski definition) is 1. The number of carbonyl (C=O) groups is 1. The summed E-state index contributed by atoms with van der Waals surface area (Å²) in [4.78, 5) is 14.9. The maximum atomic E-state index is 12.9. The van der Waals surface area contributed by atoms with Gasteiger partial charge in [0.15, 0.2) is 0 Å². The molecular weight excluding hydrogens is 452 g/mol. The third kappa shape index (κ3) is 5.40. The van der Waals surface area contributed by atoms with Gasteiger partial charge in [-0.3, -0.25) is 4.90 Å². The van der Waals surface area contributed by atoms with E-state index in [1.54, 1.807) is 7.11 Å². The number of ether oxygens (including phenoxy) is 3. The minimum absolute atomic E-state index is 0.0159. The average molecular weight is 493 g/mol. The van der Waals surface area contributed by atoms with Crippen molar-refractivity contribution in [2.45, 2.75) is 81.6 Å². The van der Waals surface area contributed by atoms with Crippen LogP contribution in [-0.4, -0.2) is 56.0 Å². The highest BCUT2D eigenvalue weighted by molar-refractivity contribution is 5.69. The van der Waals surface area contributed by atoms with E-state index in [4.69, 9.17) is 14.2 Å². The van der Waals surface area contributed by atoms with Crippen molar-refractivity contribution in [1.29, 1.82) is 0 Å². The number of hydrogen-bond acceptors (Lipinski definition) is 5. The smallest absolute Gasteiger partial charge is 0.410 e. The monoisotopic (exact) mass is 492 g/mol. The number of benzene rings is 2. The van der Waals surface area contributed by atoms with E-state index in [1.807, 2.05) is 17.0 Å². The zero-order valence-electron chi connectivity index (χ0n) is 21.6. The number of rotatable bonds is 8. The third-order valence-corrected chi connectivity index (χ3v) is 8.66. The van der Waals surface area contributed by atoms with E-state index < -0.39 is 0 Å². The molecule has 4 atom stereocenters. The lowest BCUT2D eigenvalue weighted by atomic mass is 9.83. The first-order chi connectivity index (χ1) is 17.7. The molecule has 1 N–H and O–H groups in total. The van der Waals surface area contributed by atoms with Gasteiger partial charge in [0, 0.05) is 18.6 Å². The lowest BCUT2D eigenvalue weighted by Gasteiger charge is -2.34. The van der Waals surface area contributed by atoms with Crippen LogP contribution in [0.3, 0.4) is 0 Å². The summed E-state index contributed by atoms with van der Waals surface area (Å²) in [7, 11) is 3.18. The molecule has 0 aromatic heterocycles. The molecular formula is C30H40N2O4. The molecule has 0 unspecified atom stereocenters. The molecule has 6 heteroatoms. The fraction of sp³-hybridized carbons (Fsp3) is 0.567. The van der Waals surface area contributed by atoms with E-state index in [0.29, 0.717) is 18.4 Å². The highest BCUT2D eigenvalue weighted by Crippen LogP contribution is 2.42. The second-order valence-electron chi connectivity index (χ2n) is 10.6. The number of carbonyl (C=O) groups excluding carboxylic acids is 1. The van der Waals surface area contributed by atoms with Crippen LogP contribution in [0.4, 0.5) is 4.79 Å². The van der Waals surface area contributed by atoms with Crippen molar-refractivity contribution in [2.75, 3.05) is 20.8 Å². The summed E-state index contributed by atoms with van der Waals surface area (Å²) in [6.07, 6.45) is 7.82. The van der Waals surface area contributed by atoms with Crippen molar-refractivity contribution < 1.29 is 19.0 Å². The molecule has 0 spiro atoms. The molecule has 194 valence electrons. The second-order valence-corrected chi connectivity index (χ2v) is 10.6. The summed E-state index contributed by atoms with van der Waals surface area (Å²) >= 11 is 0. The number of methoxy groups -OCH3 is 2. The van der Waals surface area contributed by atoms with Crippen LogP contribution < -0.4 is 10.1 Å². The predicted octanol–water partition coefficient (Wildman–Crippen LogP) is 5.52. The molecule has 3 aliphatic rings. The number of fused-ring (bicyclic) bond motifs is 1. The van der Waals surface area contributed by atoms with Gasteiger partial charge in [-0.25, -0.2) is 4.79 Å². The summed E-state index contributed by atoms with van der Waals surface area (Å²) in [6.45, 7) is 1.31. The topological polar surface area (TPSA) is 60.0 Å². The molecule has 2 aromatic rings. The van der Waals surface area contributed by atoms with Gasteiger partial charge >= 0.3 is 6.09 Å². The molecule has 1 amide bonds. The van der Waals surface area contributed by atoms with Crippen LogP contribution in [0.5, 0.6) is 5.75 Å². The lowest BCUT2D eigenvalue weighted by molar-refractivity contribution is -0.0109. The Kier molecular flexibility index (Phi) is 8.12. The van der Waals surface area contributed by atoms with Crippen LogP contribution in [0.2, 0.25) is 0 Å². The van der Waals surface area contributed by atoms with Crippen molar-refractivity contribution in [1.82, 2.24) is 10.2 Å². The average Bonchev–Trinajstić information content (AvgIpc) is 3.52. The SMILES string of the molecule is COC(=O)N1[C@@H]2CCC[C@@H]2[C@H](NCc2ccc(OC)cc2)[C@@H]1COC1CCC(c2ccccc2)CC1. The van der Waals surface area contributed by atoms with Gasteiger partial charge in [0.25, 0.3) is 0 Å². The normalized spacial score (nSPS) is 29.7. The Labute approximate surface area is 215 Å². The maximum absolute atomic E-state index is 12.9. The first-order valence-electron chi connectivity index (χ1n) is 13.6. The molecule has 1 heterocycles. The van der Waals surface area contributed by atoms with Crippen molar-refractivity contribution in [3.63, 3.8) is 0 Å². The Morgan fingerprint density at radius 2 is 1.69 bits per heavy atom. The first kappa shape index (κ1) is 25.1. The van der Waals surface area contributed by atoms with Crippen LogP contribution in [0.25, 0.3) is 0 Å². The molecule has 1 saturated heterocycles. The van der Waals surface area contributed by atoms with Crippen molar-refractivity contribution in [2.24, 2.45) is 5.92 Å². The van der Waals surface area contributed by atoms with Crippen LogP contribution >= 0.6 is 0 Å². The zero-order chi connectivity index (χ0) is 24.9. The van der Waals surface area contributed by atoms with E-state index in [2.05, 4.69) is 47.8 Å². The zero-order valence-corrected chi connectivity index (χ0v) is 21.6. The lowest BCUT2D eigenvalue weighted by Crippen LogP contribution is -2.50. The maximum Gasteiger partial charge on any atom is 0.410 e. The van der Waals surface area contributed by atoms with Gasteiger partial charge in [0.2, 0.25) is 0 Å². The van der Waals surface area contributed by atoms with Crippen LogP contribution in [0.1, 0.15) is 62.0 Å². The Morgan fingerprint density at radius 1 is 0.944 bits per heavy atom. The molecule has 5 rings (SSSR count). The largest absolute Gasteiger partial charge is 0.497 e. The molecule has 1 aliphatic heterocycles. The van der Waals surface area contributed by atoms with Gasteiger partial charge < -0.3 is 19.5 Å².